The number of ketones is 1. The Balaban J connectivity index is 1.19. The Morgan fingerprint density at radius 1 is 0.810 bits per heavy atom. The topological polar surface area (TPSA) is 102 Å². The van der Waals surface area contributed by atoms with Gasteiger partial charge in [0.1, 0.15) is 11.9 Å². The lowest BCUT2D eigenvalue weighted by atomic mass is 9.95. The average Bonchev–Trinajstić information content (AvgIpc) is 3.58. The van der Waals surface area contributed by atoms with Crippen LogP contribution in [0.25, 0.3) is 0 Å². The minimum atomic E-state index is -0.545. The summed E-state index contributed by atoms with van der Waals surface area (Å²) in [7, 11) is 0. The van der Waals surface area contributed by atoms with Gasteiger partial charge in [0.2, 0.25) is 0 Å². The second kappa shape index (κ2) is 19.9. The zero-order valence-corrected chi connectivity index (χ0v) is 26.6. The lowest BCUT2D eigenvalue weighted by molar-refractivity contribution is -0.140. The third kappa shape index (κ3) is 13.2. The minimum absolute atomic E-state index is 0.0283. The first-order valence-corrected chi connectivity index (χ1v) is 17.5. The maximum Gasteiger partial charge on any atom is 0.334 e. The number of unbranched alkanes of at least 4 members (excludes halogenated alkanes) is 10. The van der Waals surface area contributed by atoms with E-state index in [0.29, 0.717) is 31.3 Å². The van der Waals surface area contributed by atoms with Crippen molar-refractivity contribution in [3.63, 3.8) is 0 Å². The zero-order chi connectivity index (χ0) is 30.2. The highest BCUT2D eigenvalue weighted by atomic mass is 16.5. The van der Waals surface area contributed by atoms with Crippen LogP contribution in [0.3, 0.4) is 0 Å². The Kier molecular flexibility index (Phi) is 16.7. The van der Waals surface area contributed by atoms with Crippen LogP contribution in [0.1, 0.15) is 155 Å². The highest BCUT2D eigenvalue weighted by Crippen LogP contribution is 2.30. The molecule has 2 fully saturated rings. The molecule has 3 aliphatic rings. The lowest BCUT2D eigenvalue weighted by Gasteiger charge is -2.30. The van der Waals surface area contributed by atoms with Crippen LogP contribution >= 0.6 is 0 Å². The van der Waals surface area contributed by atoms with Crippen molar-refractivity contribution >= 4 is 11.8 Å². The molecule has 2 saturated heterocycles. The number of Topliss-reactive ketones (excluding diaryl/α,β-unsaturated/α-hetero) is 1. The summed E-state index contributed by atoms with van der Waals surface area (Å²) in [5.74, 6) is -0.0407. The first kappa shape index (κ1) is 35.2. The van der Waals surface area contributed by atoms with Crippen molar-refractivity contribution in [3.8, 4) is 0 Å². The van der Waals surface area contributed by atoms with Gasteiger partial charge < -0.3 is 24.4 Å². The van der Waals surface area contributed by atoms with Crippen molar-refractivity contribution in [2.45, 2.75) is 198 Å². The molecule has 0 amide bonds. The van der Waals surface area contributed by atoms with Crippen LogP contribution in [-0.2, 0) is 23.8 Å². The smallest absolute Gasteiger partial charge is 0.334 e. The van der Waals surface area contributed by atoms with Gasteiger partial charge in [-0.25, -0.2) is 4.79 Å². The van der Waals surface area contributed by atoms with Gasteiger partial charge in [-0.05, 0) is 64.4 Å². The summed E-state index contributed by atoms with van der Waals surface area (Å²) in [5.41, 5.74) is 0.694. The highest BCUT2D eigenvalue weighted by molar-refractivity contribution is 5.90. The van der Waals surface area contributed by atoms with E-state index in [9.17, 15) is 19.8 Å². The monoisotopic (exact) mass is 592 g/mol. The van der Waals surface area contributed by atoms with Crippen molar-refractivity contribution < 1.29 is 34.0 Å². The fraction of sp³-hybridized carbons (Fsp3) is 0.886. The zero-order valence-electron chi connectivity index (χ0n) is 26.6. The largest absolute Gasteiger partial charge is 0.455 e. The molecule has 0 radical (unpaired) electrons. The highest BCUT2D eigenvalue weighted by Gasteiger charge is 2.34. The van der Waals surface area contributed by atoms with Gasteiger partial charge in [0.15, 0.2) is 0 Å². The predicted molar refractivity (Wildman–Crippen MR) is 165 cm³/mol. The molecule has 7 unspecified atom stereocenters. The lowest BCUT2D eigenvalue weighted by Crippen LogP contribution is -2.31. The second-order valence-electron chi connectivity index (χ2n) is 13.2. The van der Waals surface area contributed by atoms with Gasteiger partial charge in [-0.2, -0.15) is 0 Å². The van der Waals surface area contributed by atoms with Gasteiger partial charge in [0, 0.05) is 24.8 Å². The van der Waals surface area contributed by atoms with E-state index in [2.05, 4.69) is 6.92 Å². The minimum Gasteiger partial charge on any atom is -0.455 e. The standard InChI is InChI=1S/C35H60O7/c1-3-4-5-6-7-8-9-10-11-12-19-31(37)33-21-22-34(42-33)32(38)20-14-13-16-28(36)25-30-18-15-17-29(41-30)24-27-23-26(2)40-35(27)39/h23,26,29-34,37-38H,3-22,24-25H2,1-2H3. The fourth-order valence-electron chi connectivity index (χ4n) is 6.81. The van der Waals surface area contributed by atoms with Crippen molar-refractivity contribution in [2.24, 2.45) is 0 Å². The number of ether oxygens (including phenoxy) is 3. The second-order valence-corrected chi connectivity index (χ2v) is 13.2. The summed E-state index contributed by atoms with van der Waals surface area (Å²) in [6.07, 6.45) is 21.9. The quantitative estimate of drug-likeness (QED) is 0.101. The Morgan fingerprint density at radius 3 is 1.98 bits per heavy atom. The fourth-order valence-corrected chi connectivity index (χ4v) is 6.81. The van der Waals surface area contributed by atoms with E-state index in [1.165, 1.54) is 57.8 Å². The molecular formula is C35H60O7. The molecule has 0 aliphatic carbocycles. The predicted octanol–water partition coefficient (Wildman–Crippen LogP) is 7.29. The number of hydrogen-bond acceptors (Lipinski definition) is 7. The molecule has 0 bridgehead atoms. The molecule has 2 N–H and O–H groups in total. The summed E-state index contributed by atoms with van der Waals surface area (Å²) in [4.78, 5) is 24.5. The third-order valence-electron chi connectivity index (χ3n) is 9.33. The Morgan fingerprint density at radius 2 is 1.38 bits per heavy atom. The number of hydrogen-bond donors (Lipinski definition) is 2. The molecule has 3 aliphatic heterocycles. The molecule has 0 spiro atoms. The maximum absolute atomic E-state index is 12.6. The first-order valence-electron chi connectivity index (χ1n) is 17.5. The molecule has 7 heteroatoms. The number of rotatable bonds is 22. The van der Waals surface area contributed by atoms with Crippen LogP contribution in [0.5, 0.6) is 0 Å². The molecule has 7 nitrogen and oxygen atoms in total. The van der Waals surface area contributed by atoms with Crippen LogP contribution in [-0.4, -0.2) is 64.7 Å². The number of aliphatic hydroxyl groups excluding tert-OH is 2. The van der Waals surface area contributed by atoms with Crippen molar-refractivity contribution in [1.82, 2.24) is 0 Å². The molecule has 0 saturated carbocycles. The maximum atomic E-state index is 12.6. The molecule has 7 atom stereocenters. The number of esters is 1. The SMILES string of the molecule is CCCCCCCCCCCCC(O)C1CCC(C(O)CCCCC(=O)CC2CCCC(CC3=CC(C)OC3=O)O2)O1. The van der Waals surface area contributed by atoms with E-state index in [0.717, 1.165) is 57.8 Å². The van der Waals surface area contributed by atoms with Crippen LogP contribution < -0.4 is 0 Å². The summed E-state index contributed by atoms with van der Waals surface area (Å²) < 4.78 is 17.4. The van der Waals surface area contributed by atoms with Gasteiger partial charge in [-0.3, -0.25) is 4.79 Å². The summed E-state index contributed by atoms with van der Waals surface area (Å²) in [6, 6.07) is 0. The molecule has 0 aromatic carbocycles. The average molecular weight is 593 g/mol. The van der Waals surface area contributed by atoms with E-state index in [4.69, 9.17) is 14.2 Å². The molecule has 0 aromatic rings. The van der Waals surface area contributed by atoms with Gasteiger partial charge in [0.25, 0.3) is 0 Å². The van der Waals surface area contributed by atoms with Crippen molar-refractivity contribution in [3.05, 3.63) is 11.6 Å². The van der Waals surface area contributed by atoms with Crippen LogP contribution in [0.15, 0.2) is 11.6 Å². The van der Waals surface area contributed by atoms with Gasteiger partial charge in [0.05, 0.1) is 36.6 Å². The van der Waals surface area contributed by atoms with E-state index < -0.39 is 12.2 Å². The third-order valence-corrected chi connectivity index (χ3v) is 9.33. The van der Waals surface area contributed by atoms with E-state index in [-0.39, 0.29) is 42.3 Å². The Bertz CT molecular complexity index is 811. The van der Waals surface area contributed by atoms with Gasteiger partial charge in [-0.1, -0.05) is 77.6 Å². The van der Waals surface area contributed by atoms with Crippen LogP contribution in [0.2, 0.25) is 0 Å². The van der Waals surface area contributed by atoms with E-state index in [1.54, 1.807) is 0 Å². The normalized spacial score (nSPS) is 27.6. The van der Waals surface area contributed by atoms with Gasteiger partial charge >= 0.3 is 5.97 Å². The Labute approximate surface area is 255 Å². The molecule has 242 valence electrons. The van der Waals surface area contributed by atoms with Crippen molar-refractivity contribution in [1.29, 1.82) is 0 Å². The van der Waals surface area contributed by atoms with E-state index in [1.807, 2.05) is 13.0 Å². The van der Waals surface area contributed by atoms with Crippen LogP contribution in [0, 0.1) is 0 Å². The Hall–Kier alpha value is -1.28. The van der Waals surface area contributed by atoms with Crippen molar-refractivity contribution in [2.75, 3.05) is 0 Å². The number of carbonyl (C=O) groups is 2. The first-order chi connectivity index (χ1) is 20.4. The van der Waals surface area contributed by atoms with Gasteiger partial charge in [-0.15, -0.1) is 0 Å². The van der Waals surface area contributed by atoms with E-state index >= 15 is 0 Å². The number of cyclic esters (lactones) is 1. The summed E-state index contributed by atoms with van der Waals surface area (Å²) in [5, 5.41) is 21.3. The van der Waals surface area contributed by atoms with Crippen LogP contribution in [0.4, 0.5) is 0 Å². The molecule has 42 heavy (non-hydrogen) atoms. The summed E-state index contributed by atoms with van der Waals surface area (Å²) >= 11 is 0. The molecular weight excluding hydrogens is 532 g/mol. The summed E-state index contributed by atoms with van der Waals surface area (Å²) in [6.45, 7) is 4.11. The molecule has 0 aromatic heterocycles. The molecule has 3 heterocycles. The number of carbonyl (C=O) groups excluding carboxylic acids is 2. The number of aliphatic hydroxyl groups is 2. The molecule has 3 rings (SSSR count).